The van der Waals surface area contributed by atoms with E-state index in [4.69, 9.17) is 35.9 Å². The van der Waals surface area contributed by atoms with Crippen LogP contribution in [0.25, 0.3) is 11.1 Å². The Labute approximate surface area is 519 Å². The summed E-state index contributed by atoms with van der Waals surface area (Å²) in [7, 11) is 0. The van der Waals surface area contributed by atoms with Crippen molar-refractivity contribution in [2.75, 3.05) is 98.9 Å². The number of hydrogen-bond donors (Lipinski definition) is 9. The monoisotopic (exact) mass is 1270 g/mol. The number of carbonyl (C=O) groups is 11. The molecule has 4 rings (SSSR count). The molecule has 30 heteroatoms. The van der Waals surface area contributed by atoms with Gasteiger partial charge in [0.25, 0.3) is 11.8 Å². The molecule has 9 amide bonds. The second-order valence-corrected chi connectivity index (χ2v) is 21.5. The number of aromatic nitrogens is 1. The second-order valence-electron chi connectivity index (χ2n) is 21.5. The van der Waals surface area contributed by atoms with Crippen LogP contribution in [0.3, 0.4) is 0 Å². The average molecular weight is 1270 g/mol. The topological polar surface area (TPSA) is 392 Å². The first kappa shape index (κ1) is 72.2. The Kier molecular flexibility index (Phi) is 31.1. The van der Waals surface area contributed by atoms with Crippen molar-refractivity contribution in [3.63, 3.8) is 0 Å². The number of imide groups is 1. The van der Waals surface area contributed by atoms with Gasteiger partial charge >= 0.3 is 11.9 Å². The lowest BCUT2D eigenvalue weighted by atomic mass is 9.82. The highest BCUT2D eigenvalue weighted by Gasteiger charge is 2.39. The number of carboxylic acids is 2. The number of benzene rings is 2. The Hall–Kier alpha value is -8.55. The summed E-state index contributed by atoms with van der Waals surface area (Å²) in [5, 5.41) is 39.0. The quantitative estimate of drug-likeness (QED) is 0.0274. The molecule has 0 radical (unpaired) electrons. The van der Waals surface area contributed by atoms with Crippen molar-refractivity contribution >= 4 is 65.1 Å². The maximum atomic E-state index is 15.4. The maximum absolute atomic E-state index is 15.4. The van der Waals surface area contributed by atoms with Crippen LogP contribution in [0.15, 0.2) is 72.9 Å². The molecule has 2 aromatic carbocycles. The number of nitrogens with two attached hydrogens (primary N) is 1. The van der Waals surface area contributed by atoms with Crippen molar-refractivity contribution in [1.29, 1.82) is 0 Å². The molecular weight excluding hydrogens is 1190 g/mol. The summed E-state index contributed by atoms with van der Waals surface area (Å²) in [6, 6.07) is 7.30. The highest BCUT2D eigenvalue weighted by Crippen LogP contribution is 2.41. The van der Waals surface area contributed by atoms with Gasteiger partial charge in [0.1, 0.15) is 36.4 Å². The summed E-state index contributed by atoms with van der Waals surface area (Å²) < 4.78 is 67.7. The third kappa shape index (κ3) is 26.7. The first-order chi connectivity index (χ1) is 43.3. The summed E-state index contributed by atoms with van der Waals surface area (Å²) in [5.74, 6) is -11.5. The summed E-state index contributed by atoms with van der Waals surface area (Å²) in [5.41, 5.74) is 5.81. The summed E-state index contributed by atoms with van der Waals surface area (Å²) in [4.78, 5) is 141. The first-order valence-corrected chi connectivity index (χ1v) is 29.0. The van der Waals surface area contributed by atoms with Crippen molar-refractivity contribution in [3.8, 4) is 11.1 Å². The molecule has 90 heavy (non-hydrogen) atoms. The number of rotatable bonds is 44. The van der Waals surface area contributed by atoms with Gasteiger partial charge in [-0.2, -0.15) is 0 Å². The van der Waals surface area contributed by atoms with Crippen LogP contribution in [0.5, 0.6) is 0 Å². The summed E-state index contributed by atoms with van der Waals surface area (Å²) >= 11 is 0. The number of hydrogen-bond acceptors (Lipinski definition) is 17. The molecule has 0 unspecified atom stereocenters. The number of carbonyl (C=O) groups excluding carboxylic acids is 9. The molecule has 0 saturated carbocycles. The van der Waals surface area contributed by atoms with E-state index in [0.717, 1.165) is 28.7 Å². The van der Waals surface area contributed by atoms with Gasteiger partial charge < -0.3 is 80.8 Å². The van der Waals surface area contributed by atoms with E-state index in [9.17, 15) is 67.3 Å². The minimum atomic E-state index is -1.81. The molecule has 0 aliphatic carbocycles. The smallest absolute Gasteiger partial charge is 0.326 e. The van der Waals surface area contributed by atoms with Gasteiger partial charge in [-0.25, -0.2) is 13.6 Å². The lowest BCUT2D eigenvalue weighted by Crippen LogP contribution is -2.56. The van der Waals surface area contributed by atoms with Gasteiger partial charge in [0.15, 0.2) is 1.41 Å². The molecule has 4 atom stereocenters. The summed E-state index contributed by atoms with van der Waals surface area (Å²) in [6.07, 6.45) is 0.553. The molecule has 1 aliphatic heterocycles. The third-order valence-electron chi connectivity index (χ3n) is 13.4. The van der Waals surface area contributed by atoms with Crippen LogP contribution < -0.4 is 32.3 Å². The number of halogens is 2. The van der Waals surface area contributed by atoms with Crippen molar-refractivity contribution in [1.82, 2.24) is 40.9 Å². The number of aliphatic carboxylic acids is 2. The van der Waals surface area contributed by atoms with Crippen LogP contribution in [-0.2, 0) is 83.0 Å². The Morgan fingerprint density at radius 1 is 0.678 bits per heavy atom. The molecule has 1 aromatic heterocycles. The van der Waals surface area contributed by atoms with Gasteiger partial charge in [0.2, 0.25) is 41.4 Å². The zero-order chi connectivity index (χ0) is 67.0. The van der Waals surface area contributed by atoms with Gasteiger partial charge in [0, 0.05) is 87.0 Å². The van der Waals surface area contributed by atoms with Crippen molar-refractivity contribution in [2.24, 2.45) is 11.1 Å². The number of amides is 9. The van der Waals surface area contributed by atoms with E-state index in [2.05, 4.69) is 21.3 Å². The molecule has 1 aliphatic rings. The van der Waals surface area contributed by atoms with E-state index in [0.29, 0.717) is 5.69 Å². The standard InChI is InChI=1S/C60H81F2N9O19/c1-60(2,3)56(47-33-40(42-34-41(61)9-10-43(42)62)37-69(47)36-39-7-5-4-6-8-39)71(54(79)38-72)21-16-44(57(82)65-19-15-50(75)66-45(59(84)85)11-14-55(80)81)68-58(83)46(35-48(63)73)67-51(76)18-24-87-27-29-89-31-32-90-30-28-88-25-20-64-49(74)17-23-86-26-22-70-52(77)12-13-53(70)78/h4-10,12-13,33-34,37,44-46,56,72H,11,14-32,35-36,38H2,1-3H3,(H2,63,73)(H,64,74)(H,65,82)(H,66,75)(H,67,76)(H,68,83)(H,80,81)(H,84,85)/t44-,45-,46-,56-/m0/s1/i/hD. The fourth-order valence-corrected chi connectivity index (χ4v) is 9.10. The highest BCUT2D eigenvalue weighted by molar-refractivity contribution is 6.12. The molecule has 10 N–H and O–H groups in total. The van der Waals surface area contributed by atoms with Gasteiger partial charge in [-0.05, 0) is 48.1 Å². The molecule has 0 spiro atoms. The lowest BCUT2D eigenvalue weighted by Gasteiger charge is -2.41. The summed E-state index contributed by atoms with van der Waals surface area (Å²) in [6.45, 7) is 4.77. The molecule has 0 saturated heterocycles. The van der Waals surface area contributed by atoms with Crippen LogP contribution in [0.4, 0.5) is 8.78 Å². The number of ether oxygens (including phenoxy) is 5. The fraction of sp³-hybridized carbons (Fsp3) is 0.517. The van der Waals surface area contributed by atoms with Crippen LogP contribution >= 0.6 is 0 Å². The number of nitrogens with one attached hydrogen (secondary N) is 5. The SMILES string of the molecule is [2H]N(CCC(=O)N[C@@H](CCC(=O)O)C(=O)O)C(=O)[C@H](CCN(C(=O)CO)[C@@H](c1cc(-c2cc(F)ccc2F)cn1Cc1ccccc1)C(C)(C)C)NC(=O)[C@H](CC(N)=O)NC(=O)CCOCCOCCOCCOCCNC(=O)CCOCCN1C(=O)C=CC1=O. The van der Waals surface area contributed by atoms with E-state index in [1.165, 1.54) is 17.1 Å². The largest absolute Gasteiger partial charge is 0.481 e. The second kappa shape index (κ2) is 38.8. The van der Waals surface area contributed by atoms with Gasteiger partial charge in [-0.3, -0.25) is 52.8 Å². The van der Waals surface area contributed by atoms with E-state index in [1.54, 1.807) is 55.8 Å². The highest BCUT2D eigenvalue weighted by atomic mass is 19.1. The molecule has 0 bridgehead atoms. The van der Waals surface area contributed by atoms with E-state index >= 15 is 4.39 Å². The lowest BCUT2D eigenvalue weighted by molar-refractivity contribution is -0.143. The number of aliphatic hydroxyl groups excluding tert-OH is 1. The fourth-order valence-electron chi connectivity index (χ4n) is 9.10. The van der Waals surface area contributed by atoms with Gasteiger partial charge in [-0.1, -0.05) is 51.1 Å². The van der Waals surface area contributed by atoms with E-state index < -0.39 is 152 Å². The molecule has 3 aromatic rings. The van der Waals surface area contributed by atoms with Gasteiger partial charge in [0.05, 0.1) is 85.1 Å². The predicted molar refractivity (Wildman–Crippen MR) is 315 cm³/mol. The minimum Gasteiger partial charge on any atom is -0.481 e. The third-order valence-corrected chi connectivity index (χ3v) is 13.4. The molecular formula is C60H81F2N9O19. The molecule has 494 valence electrons. The Bertz CT molecular complexity index is 2970. The number of carboxylic acid groups (broad SMARTS) is 2. The number of aliphatic hydroxyl groups is 1. The maximum Gasteiger partial charge on any atom is 0.326 e. The zero-order valence-corrected chi connectivity index (χ0v) is 50.5. The van der Waals surface area contributed by atoms with E-state index in [1.807, 2.05) is 12.1 Å². The van der Waals surface area contributed by atoms with Crippen LogP contribution in [-0.4, -0.2) is 212 Å². The average Bonchev–Trinajstić information content (AvgIpc) is 1.69. The molecule has 0 fully saturated rings. The first-order valence-electron chi connectivity index (χ1n) is 29.4. The van der Waals surface area contributed by atoms with Crippen molar-refractivity contribution < 1.29 is 102 Å². The van der Waals surface area contributed by atoms with Crippen LogP contribution in [0.2, 0.25) is 1.41 Å². The minimum absolute atomic E-state index is 0.0369. The predicted octanol–water partition coefficient (Wildman–Crippen LogP) is 0.470. The number of primary amides is 1. The van der Waals surface area contributed by atoms with Crippen molar-refractivity contribution in [2.45, 2.75) is 96.4 Å². The van der Waals surface area contributed by atoms with Crippen LogP contribution in [0.1, 0.15) is 83.0 Å². The van der Waals surface area contributed by atoms with Crippen LogP contribution in [0, 0.1) is 17.0 Å². The Balaban J connectivity index is 1.37. The number of nitrogens with zero attached hydrogens (tertiary/aromatic N) is 3. The van der Waals surface area contributed by atoms with E-state index in [-0.39, 0.29) is 121 Å². The van der Waals surface area contributed by atoms with Gasteiger partial charge in [-0.15, -0.1) is 0 Å². The molecule has 2 heterocycles. The van der Waals surface area contributed by atoms with Crippen molar-refractivity contribution in [3.05, 3.63) is 95.8 Å². The Morgan fingerprint density at radius 3 is 1.87 bits per heavy atom. The zero-order valence-electron chi connectivity index (χ0n) is 51.5. The molecule has 28 nitrogen and oxygen atoms in total. The normalized spacial score (nSPS) is 13.6. The Morgan fingerprint density at radius 2 is 1.27 bits per heavy atom.